The van der Waals surface area contributed by atoms with Gasteiger partial charge in [0.25, 0.3) is 0 Å². The summed E-state index contributed by atoms with van der Waals surface area (Å²) < 4.78 is 1.95. The Hall–Kier alpha value is -0.860. The lowest BCUT2D eigenvalue weighted by Crippen LogP contribution is -1.98. The van der Waals surface area contributed by atoms with E-state index in [1.165, 1.54) is 25.7 Å². The lowest BCUT2D eigenvalue weighted by molar-refractivity contribution is 0.527. The van der Waals surface area contributed by atoms with Gasteiger partial charge in [0.2, 0.25) is 0 Å². The molecule has 1 rings (SSSR count). The Bertz CT molecular complexity index is 231. The highest BCUT2D eigenvalue weighted by molar-refractivity contribution is 4.90. The molecule has 0 saturated carbocycles. The van der Waals surface area contributed by atoms with Crippen molar-refractivity contribution in [1.82, 2.24) is 15.0 Å². The van der Waals surface area contributed by atoms with Crippen LogP contribution in [0.15, 0.2) is 6.20 Å². The zero-order chi connectivity index (χ0) is 11.5. The molecule has 0 atom stereocenters. The van der Waals surface area contributed by atoms with Gasteiger partial charge in [-0.25, -0.2) is 0 Å². The van der Waals surface area contributed by atoms with Crippen LogP contribution in [-0.4, -0.2) is 15.0 Å². The van der Waals surface area contributed by atoms with Gasteiger partial charge in [-0.15, -0.1) is 5.10 Å². The van der Waals surface area contributed by atoms with Crippen molar-refractivity contribution >= 4 is 0 Å². The molecule has 15 heavy (non-hydrogen) atoms. The molecule has 0 spiro atoms. The number of nitrogens with zero attached hydrogens (tertiary/aromatic N) is 3. The molecule has 0 N–H and O–H groups in total. The first-order chi connectivity index (χ1) is 7.36. The van der Waals surface area contributed by atoms with Gasteiger partial charge in [-0.05, 0) is 12.8 Å². The lowest BCUT2D eigenvalue weighted by Gasteiger charge is -1.98. The van der Waals surface area contributed by atoms with E-state index in [-0.39, 0.29) is 0 Å². The SMILES string of the molecule is CC.CCCCCCn1cc(CC)nn1. The molecule has 3 heteroatoms. The van der Waals surface area contributed by atoms with Crippen LogP contribution >= 0.6 is 0 Å². The fraction of sp³-hybridized carbons (Fsp3) is 0.833. The average Bonchev–Trinajstić information content (AvgIpc) is 2.75. The number of unbranched alkanes of at least 4 members (excludes halogenated alkanes) is 3. The van der Waals surface area contributed by atoms with E-state index in [0.717, 1.165) is 18.7 Å². The van der Waals surface area contributed by atoms with E-state index in [1.807, 2.05) is 24.7 Å². The van der Waals surface area contributed by atoms with Crippen molar-refractivity contribution in [2.24, 2.45) is 0 Å². The third-order valence-corrected chi connectivity index (χ3v) is 2.19. The van der Waals surface area contributed by atoms with Crippen LogP contribution in [0.2, 0.25) is 0 Å². The van der Waals surface area contributed by atoms with Crippen LogP contribution in [0.1, 0.15) is 59.1 Å². The summed E-state index contributed by atoms with van der Waals surface area (Å²) in [5, 5.41) is 8.10. The summed E-state index contributed by atoms with van der Waals surface area (Å²) in [4.78, 5) is 0. The van der Waals surface area contributed by atoms with E-state index in [4.69, 9.17) is 0 Å². The fourth-order valence-electron chi connectivity index (χ4n) is 1.31. The first-order valence-electron chi connectivity index (χ1n) is 6.25. The van der Waals surface area contributed by atoms with Crippen molar-refractivity contribution in [2.45, 2.75) is 66.3 Å². The first kappa shape index (κ1) is 14.1. The topological polar surface area (TPSA) is 30.7 Å². The maximum atomic E-state index is 4.05. The monoisotopic (exact) mass is 211 g/mol. The maximum absolute atomic E-state index is 4.05. The zero-order valence-electron chi connectivity index (χ0n) is 10.7. The molecule has 0 aromatic carbocycles. The summed E-state index contributed by atoms with van der Waals surface area (Å²) in [6.45, 7) is 9.35. The van der Waals surface area contributed by atoms with Gasteiger partial charge in [0.15, 0.2) is 0 Å². The van der Waals surface area contributed by atoms with Gasteiger partial charge in [-0.3, -0.25) is 4.68 Å². The van der Waals surface area contributed by atoms with E-state index in [9.17, 15) is 0 Å². The second-order valence-corrected chi connectivity index (χ2v) is 3.39. The molecule has 0 bridgehead atoms. The summed E-state index contributed by atoms with van der Waals surface area (Å²) in [6.07, 6.45) is 8.17. The van der Waals surface area contributed by atoms with E-state index < -0.39 is 0 Å². The molecular formula is C12H25N3. The highest BCUT2D eigenvalue weighted by atomic mass is 15.4. The van der Waals surface area contributed by atoms with Crippen molar-refractivity contribution in [3.63, 3.8) is 0 Å². The molecule has 3 nitrogen and oxygen atoms in total. The summed E-state index contributed by atoms with van der Waals surface area (Å²) in [6, 6.07) is 0. The highest BCUT2D eigenvalue weighted by Crippen LogP contribution is 2.01. The van der Waals surface area contributed by atoms with Crippen molar-refractivity contribution in [1.29, 1.82) is 0 Å². The van der Waals surface area contributed by atoms with E-state index in [0.29, 0.717) is 0 Å². The molecule has 0 saturated heterocycles. The van der Waals surface area contributed by atoms with Gasteiger partial charge < -0.3 is 0 Å². The van der Waals surface area contributed by atoms with Gasteiger partial charge in [0.05, 0.1) is 5.69 Å². The van der Waals surface area contributed by atoms with Crippen LogP contribution in [0.25, 0.3) is 0 Å². The normalized spacial score (nSPS) is 9.60. The molecule has 0 aliphatic rings. The number of aryl methyl sites for hydroxylation is 2. The Morgan fingerprint density at radius 2 is 1.87 bits per heavy atom. The average molecular weight is 211 g/mol. The molecule has 1 heterocycles. The lowest BCUT2D eigenvalue weighted by atomic mass is 10.2. The van der Waals surface area contributed by atoms with E-state index in [1.54, 1.807) is 0 Å². The van der Waals surface area contributed by atoms with Crippen LogP contribution < -0.4 is 0 Å². The molecule has 0 unspecified atom stereocenters. The molecular weight excluding hydrogens is 186 g/mol. The highest BCUT2D eigenvalue weighted by Gasteiger charge is 1.96. The zero-order valence-corrected chi connectivity index (χ0v) is 10.7. The fourth-order valence-corrected chi connectivity index (χ4v) is 1.31. The minimum atomic E-state index is 0.981. The van der Waals surface area contributed by atoms with E-state index in [2.05, 4.69) is 24.2 Å². The van der Waals surface area contributed by atoms with Gasteiger partial charge in [-0.2, -0.15) is 0 Å². The van der Waals surface area contributed by atoms with Crippen molar-refractivity contribution in [3.8, 4) is 0 Å². The Labute approximate surface area is 93.9 Å². The number of hydrogen-bond donors (Lipinski definition) is 0. The molecule has 0 aliphatic carbocycles. The van der Waals surface area contributed by atoms with Gasteiger partial charge in [-0.1, -0.05) is 52.2 Å². The Morgan fingerprint density at radius 3 is 2.40 bits per heavy atom. The second kappa shape index (κ2) is 9.69. The predicted molar refractivity (Wildman–Crippen MR) is 64.9 cm³/mol. The molecule has 0 fully saturated rings. The number of hydrogen-bond acceptors (Lipinski definition) is 2. The second-order valence-electron chi connectivity index (χ2n) is 3.39. The van der Waals surface area contributed by atoms with Gasteiger partial charge >= 0.3 is 0 Å². The minimum absolute atomic E-state index is 0.981. The Balaban J connectivity index is 0.000000921. The van der Waals surface area contributed by atoms with Crippen molar-refractivity contribution in [2.75, 3.05) is 0 Å². The Kier molecular flexibility index (Phi) is 9.13. The standard InChI is InChI=1S/C10H19N3.C2H6/c1-3-5-6-7-8-13-9-10(4-2)11-12-13;1-2/h9H,3-8H2,1-2H3;1-2H3. The van der Waals surface area contributed by atoms with Crippen LogP contribution in [0.4, 0.5) is 0 Å². The van der Waals surface area contributed by atoms with Gasteiger partial charge in [0.1, 0.15) is 0 Å². The minimum Gasteiger partial charge on any atom is -0.252 e. The number of rotatable bonds is 6. The Morgan fingerprint density at radius 1 is 1.13 bits per heavy atom. The van der Waals surface area contributed by atoms with Crippen LogP contribution in [0.5, 0.6) is 0 Å². The van der Waals surface area contributed by atoms with Gasteiger partial charge in [0, 0.05) is 12.7 Å². The quantitative estimate of drug-likeness (QED) is 0.675. The van der Waals surface area contributed by atoms with E-state index >= 15 is 0 Å². The smallest absolute Gasteiger partial charge is 0.0824 e. The third kappa shape index (κ3) is 6.26. The largest absolute Gasteiger partial charge is 0.252 e. The maximum Gasteiger partial charge on any atom is 0.0824 e. The first-order valence-corrected chi connectivity index (χ1v) is 6.25. The molecule has 1 aromatic rings. The number of aromatic nitrogens is 3. The molecule has 88 valence electrons. The van der Waals surface area contributed by atoms with Crippen LogP contribution in [0, 0.1) is 0 Å². The molecule has 0 radical (unpaired) electrons. The summed E-state index contributed by atoms with van der Waals surface area (Å²) in [5.74, 6) is 0. The van der Waals surface area contributed by atoms with Crippen LogP contribution in [0.3, 0.4) is 0 Å². The van der Waals surface area contributed by atoms with Crippen molar-refractivity contribution in [3.05, 3.63) is 11.9 Å². The third-order valence-electron chi connectivity index (χ3n) is 2.19. The summed E-state index contributed by atoms with van der Waals surface area (Å²) in [7, 11) is 0. The predicted octanol–water partition coefficient (Wildman–Crippen LogP) is 3.45. The van der Waals surface area contributed by atoms with Crippen LogP contribution in [-0.2, 0) is 13.0 Å². The molecule has 0 amide bonds. The summed E-state index contributed by atoms with van der Waals surface area (Å²) >= 11 is 0. The molecule has 0 aliphatic heterocycles. The summed E-state index contributed by atoms with van der Waals surface area (Å²) in [5.41, 5.74) is 1.09. The van der Waals surface area contributed by atoms with Crippen molar-refractivity contribution < 1.29 is 0 Å². The molecule has 1 aromatic heterocycles.